The highest BCUT2D eigenvalue weighted by molar-refractivity contribution is 5.97. The van der Waals surface area contributed by atoms with E-state index in [-0.39, 0.29) is 35.0 Å². The molecule has 9 heteroatoms. The van der Waals surface area contributed by atoms with Crippen molar-refractivity contribution in [2.75, 3.05) is 38.8 Å². The Morgan fingerprint density at radius 2 is 2.03 bits per heavy atom. The second kappa shape index (κ2) is 7.55. The van der Waals surface area contributed by atoms with Gasteiger partial charge in [0.15, 0.2) is 11.6 Å². The molecule has 3 N–H and O–H groups in total. The van der Waals surface area contributed by atoms with E-state index in [1.807, 2.05) is 4.90 Å². The van der Waals surface area contributed by atoms with Gasteiger partial charge in [0.25, 0.3) is 0 Å². The van der Waals surface area contributed by atoms with E-state index in [0.29, 0.717) is 31.4 Å². The number of benzene rings is 1. The third kappa shape index (κ3) is 3.22. The lowest BCUT2D eigenvalue weighted by Gasteiger charge is -2.42. The lowest BCUT2D eigenvalue weighted by Crippen LogP contribution is -2.54. The molecule has 1 saturated carbocycles. The largest absolute Gasteiger partial charge is 0.492 e. The average molecular weight is 419 g/mol. The first-order chi connectivity index (χ1) is 14.4. The number of halogens is 1. The number of pyridine rings is 1. The monoisotopic (exact) mass is 419 g/mol. The molecule has 0 bridgehead atoms. The molecule has 1 saturated heterocycles. The van der Waals surface area contributed by atoms with Gasteiger partial charge in [-0.2, -0.15) is 0 Å². The SMILES string of the molecule is CNC1(CO)CCN(c2c(F)cc3c(=O)c(C(=O)O)cn(C4CC4)c3c2OC)CC1. The van der Waals surface area contributed by atoms with Gasteiger partial charge in [-0.15, -0.1) is 0 Å². The van der Waals surface area contributed by atoms with Gasteiger partial charge < -0.3 is 29.7 Å². The van der Waals surface area contributed by atoms with Crippen molar-refractivity contribution >= 4 is 22.6 Å². The second-order valence-corrected chi connectivity index (χ2v) is 8.13. The van der Waals surface area contributed by atoms with E-state index in [4.69, 9.17) is 4.74 Å². The number of likely N-dealkylation sites (N-methyl/N-ethyl adjacent to an activating group) is 1. The smallest absolute Gasteiger partial charge is 0.341 e. The Morgan fingerprint density at radius 3 is 2.53 bits per heavy atom. The number of carboxylic acid groups (broad SMARTS) is 1. The Bertz CT molecular complexity index is 1050. The van der Waals surface area contributed by atoms with E-state index >= 15 is 4.39 Å². The normalized spacial score (nSPS) is 18.6. The number of aromatic nitrogens is 1. The molecule has 162 valence electrons. The zero-order valence-electron chi connectivity index (χ0n) is 17.1. The minimum absolute atomic E-state index is 0.00609. The number of nitrogens with one attached hydrogen (secondary N) is 1. The van der Waals surface area contributed by atoms with Crippen molar-refractivity contribution in [2.45, 2.75) is 37.3 Å². The molecule has 1 aromatic heterocycles. The van der Waals surface area contributed by atoms with Crippen molar-refractivity contribution in [3.63, 3.8) is 0 Å². The maximum absolute atomic E-state index is 15.3. The first-order valence-corrected chi connectivity index (χ1v) is 10.1. The van der Waals surface area contributed by atoms with Crippen LogP contribution in [0.3, 0.4) is 0 Å². The number of methoxy groups -OCH3 is 1. The Hall–Kier alpha value is -2.65. The summed E-state index contributed by atoms with van der Waals surface area (Å²) in [5.41, 5.74) is -0.790. The fraction of sp³-hybridized carbons (Fsp3) is 0.524. The number of hydrogen-bond acceptors (Lipinski definition) is 6. The van der Waals surface area contributed by atoms with Gasteiger partial charge in [-0.3, -0.25) is 4.79 Å². The van der Waals surface area contributed by atoms with Crippen molar-refractivity contribution in [3.05, 3.63) is 33.9 Å². The van der Waals surface area contributed by atoms with Crippen LogP contribution < -0.4 is 20.4 Å². The van der Waals surface area contributed by atoms with E-state index in [9.17, 15) is 19.8 Å². The number of aliphatic hydroxyl groups excluding tert-OH is 1. The van der Waals surface area contributed by atoms with Crippen LogP contribution in [-0.4, -0.2) is 60.1 Å². The molecular weight excluding hydrogens is 393 g/mol. The highest BCUT2D eigenvalue weighted by atomic mass is 19.1. The van der Waals surface area contributed by atoms with Crippen molar-refractivity contribution in [1.29, 1.82) is 0 Å². The fourth-order valence-corrected chi connectivity index (χ4v) is 4.37. The second-order valence-electron chi connectivity index (χ2n) is 8.13. The van der Waals surface area contributed by atoms with Crippen LogP contribution in [0.5, 0.6) is 5.75 Å². The van der Waals surface area contributed by atoms with Crippen LogP contribution in [-0.2, 0) is 0 Å². The van der Waals surface area contributed by atoms with E-state index in [1.165, 1.54) is 13.3 Å². The molecule has 1 aromatic carbocycles. The number of fused-ring (bicyclic) bond motifs is 1. The molecule has 0 amide bonds. The van der Waals surface area contributed by atoms with Gasteiger partial charge in [-0.05, 0) is 38.8 Å². The molecular formula is C21H26FN3O5. The van der Waals surface area contributed by atoms with Crippen LogP contribution in [0.15, 0.2) is 17.1 Å². The summed E-state index contributed by atoms with van der Waals surface area (Å²) in [6.07, 6.45) is 4.31. The molecule has 2 aromatic rings. The fourth-order valence-electron chi connectivity index (χ4n) is 4.37. The number of hydrogen-bond donors (Lipinski definition) is 3. The predicted octanol–water partition coefficient (Wildman–Crippen LogP) is 1.73. The zero-order valence-corrected chi connectivity index (χ0v) is 17.1. The van der Waals surface area contributed by atoms with Gasteiger partial charge >= 0.3 is 5.97 Å². The van der Waals surface area contributed by atoms with Crippen molar-refractivity contribution in [2.24, 2.45) is 0 Å². The molecule has 8 nitrogen and oxygen atoms in total. The van der Waals surface area contributed by atoms with Crippen LogP contribution in [0.25, 0.3) is 10.9 Å². The Balaban J connectivity index is 1.89. The summed E-state index contributed by atoms with van der Waals surface area (Å²) >= 11 is 0. The summed E-state index contributed by atoms with van der Waals surface area (Å²) < 4.78 is 22.7. The van der Waals surface area contributed by atoms with Crippen molar-refractivity contribution in [1.82, 2.24) is 9.88 Å². The third-order valence-corrected chi connectivity index (χ3v) is 6.44. The van der Waals surface area contributed by atoms with E-state index in [2.05, 4.69) is 5.32 Å². The van der Waals surface area contributed by atoms with E-state index in [0.717, 1.165) is 18.9 Å². The highest BCUT2D eigenvalue weighted by Gasteiger charge is 2.36. The number of piperidine rings is 1. The van der Waals surface area contributed by atoms with Gasteiger partial charge in [0.2, 0.25) is 5.43 Å². The molecule has 0 spiro atoms. The lowest BCUT2D eigenvalue weighted by molar-refractivity contribution is 0.0694. The van der Waals surface area contributed by atoms with Crippen LogP contribution in [0.4, 0.5) is 10.1 Å². The van der Waals surface area contributed by atoms with Crippen LogP contribution in [0, 0.1) is 5.82 Å². The first-order valence-electron chi connectivity index (χ1n) is 10.1. The van der Waals surface area contributed by atoms with Gasteiger partial charge in [0, 0.05) is 30.9 Å². The molecule has 0 unspecified atom stereocenters. The standard InChI is InChI=1S/C21H26FN3O5/c1-23-21(11-26)5-7-24(8-6-21)17-15(22)9-13-16(19(17)30-2)25(12-3-4-12)10-14(18(13)27)20(28)29/h9-10,12,23,26H,3-8,11H2,1-2H3,(H,28,29). The molecule has 0 atom stereocenters. The number of rotatable bonds is 6. The third-order valence-electron chi connectivity index (χ3n) is 6.44. The summed E-state index contributed by atoms with van der Waals surface area (Å²) in [4.78, 5) is 26.2. The molecule has 4 rings (SSSR count). The van der Waals surface area contributed by atoms with Crippen LogP contribution in [0.2, 0.25) is 0 Å². The quantitative estimate of drug-likeness (QED) is 0.655. The molecule has 2 aliphatic rings. The number of ether oxygens (including phenoxy) is 1. The number of anilines is 1. The summed E-state index contributed by atoms with van der Waals surface area (Å²) in [5, 5.41) is 22.3. The molecule has 0 radical (unpaired) electrons. The minimum Gasteiger partial charge on any atom is -0.492 e. The summed E-state index contributed by atoms with van der Waals surface area (Å²) in [6, 6.07) is 1.19. The number of nitrogens with zero attached hydrogens (tertiary/aromatic N) is 2. The first kappa shape index (κ1) is 20.6. The summed E-state index contributed by atoms with van der Waals surface area (Å²) in [6.45, 7) is 0.996. The number of carbonyl (C=O) groups is 1. The maximum Gasteiger partial charge on any atom is 0.341 e. The molecule has 1 aliphatic heterocycles. The van der Waals surface area contributed by atoms with Gasteiger partial charge in [0.1, 0.15) is 11.3 Å². The van der Waals surface area contributed by atoms with Gasteiger partial charge in [0.05, 0.1) is 24.6 Å². The Kier molecular flexibility index (Phi) is 5.19. The number of aromatic carboxylic acids is 1. The van der Waals surface area contributed by atoms with E-state index in [1.54, 1.807) is 11.6 Å². The minimum atomic E-state index is -1.33. The van der Waals surface area contributed by atoms with Crippen LogP contribution in [0.1, 0.15) is 42.1 Å². The molecule has 2 heterocycles. The average Bonchev–Trinajstić information content (AvgIpc) is 3.59. The number of carboxylic acids is 1. The molecule has 30 heavy (non-hydrogen) atoms. The van der Waals surface area contributed by atoms with Crippen LogP contribution >= 0.6 is 0 Å². The predicted molar refractivity (Wildman–Crippen MR) is 110 cm³/mol. The van der Waals surface area contributed by atoms with E-state index < -0.39 is 22.8 Å². The lowest BCUT2D eigenvalue weighted by atomic mass is 9.88. The number of aliphatic hydroxyl groups is 1. The van der Waals surface area contributed by atoms with Gasteiger partial charge in [-0.25, -0.2) is 9.18 Å². The zero-order chi connectivity index (χ0) is 21.6. The Labute approximate surface area is 172 Å². The summed E-state index contributed by atoms with van der Waals surface area (Å²) in [7, 11) is 3.23. The van der Waals surface area contributed by atoms with Crippen molar-refractivity contribution in [3.8, 4) is 5.75 Å². The summed E-state index contributed by atoms with van der Waals surface area (Å²) in [5.74, 6) is -1.71. The maximum atomic E-state index is 15.3. The van der Waals surface area contributed by atoms with Crippen molar-refractivity contribution < 1.29 is 24.1 Å². The van der Waals surface area contributed by atoms with Gasteiger partial charge in [-0.1, -0.05) is 0 Å². The topological polar surface area (TPSA) is 104 Å². The highest BCUT2D eigenvalue weighted by Crippen LogP contribution is 2.44. The Morgan fingerprint density at radius 1 is 1.37 bits per heavy atom. The molecule has 2 fully saturated rings. The molecule has 1 aliphatic carbocycles.